The fourth-order valence-electron chi connectivity index (χ4n) is 3.99. The van der Waals surface area contributed by atoms with Crippen molar-refractivity contribution in [3.63, 3.8) is 0 Å². The molecule has 1 saturated heterocycles. The minimum Gasteiger partial charge on any atom is -0.453 e. The SMILES string of the molecule is CC.CC.CCNC(=O)N(CC)c1ccc(Oc2ccnc3cc(C(=O)N4CCCC4)sc23)c(F)c1C.CO. The van der Waals surface area contributed by atoms with Gasteiger partial charge in [-0.1, -0.05) is 27.7 Å². The summed E-state index contributed by atoms with van der Waals surface area (Å²) in [5, 5.41) is 9.74. The number of aliphatic hydroxyl groups is 1. The standard InChI is InChI=1S/C24H27FN4O3S.2C2H6.CH4O/c1-4-26-24(31)29(5-2)17-8-9-18(21(25)15(17)3)32-19-10-11-27-16-14-20(33-22(16)19)23(30)28-12-6-7-13-28;3*1-2/h8-11,14H,4-7,12-13H2,1-3H3,(H,26,31);2*1-2H3;2H,1H3. The van der Waals surface area contributed by atoms with Crippen molar-refractivity contribution in [2.45, 2.75) is 61.3 Å². The molecule has 0 spiro atoms. The van der Waals surface area contributed by atoms with Crippen molar-refractivity contribution in [3.05, 3.63) is 46.7 Å². The lowest BCUT2D eigenvalue weighted by Crippen LogP contribution is -2.40. The second-order valence-electron chi connectivity index (χ2n) is 7.84. The van der Waals surface area contributed by atoms with E-state index in [1.54, 1.807) is 31.3 Å². The molecule has 39 heavy (non-hydrogen) atoms. The van der Waals surface area contributed by atoms with Crippen LogP contribution >= 0.6 is 11.3 Å². The van der Waals surface area contributed by atoms with Crippen LogP contribution in [0.4, 0.5) is 14.9 Å². The molecule has 1 aliphatic rings. The molecule has 0 atom stereocenters. The fraction of sp³-hybridized carbons (Fsp3) is 0.483. The third-order valence-electron chi connectivity index (χ3n) is 5.70. The van der Waals surface area contributed by atoms with Crippen LogP contribution in [0, 0.1) is 12.7 Å². The van der Waals surface area contributed by atoms with E-state index in [9.17, 15) is 9.59 Å². The third kappa shape index (κ3) is 8.12. The Kier molecular flexibility index (Phi) is 15.0. The maximum atomic E-state index is 15.3. The number of urea groups is 1. The number of thiophene rings is 1. The van der Waals surface area contributed by atoms with Gasteiger partial charge < -0.3 is 20.1 Å². The number of halogens is 1. The maximum Gasteiger partial charge on any atom is 0.321 e. The van der Waals surface area contributed by atoms with Gasteiger partial charge in [0.2, 0.25) is 0 Å². The molecule has 0 unspecified atom stereocenters. The van der Waals surface area contributed by atoms with Crippen molar-refractivity contribution in [2.24, 2.45) is 0 Å². The van der Waals surface area contributed by atoms with Gasteiger partial charge in [0.1, 0.15) is 5.75 Å². The molecule has 2 aromatic heterocycles. The summed E-state index contributed by atoms with van der Waals surface area (Å²) in [6, 6.07) is 6.36. The second-order valence-corrected chi connectivity index (χ2v) is 8.89. The lowest BCUT2D eigenvalue weighted by atomic mass is 10.1. The first-order chi connectivity index (χ1) is 18.9. The number of rotatable bonds is 6. The number of amides is 3. The van der Waals surface area contributed by atoms with Crippen molar-refractivity contribution in [1.29, 1.82) is 0 Å². The van der Waals surface area contributed by atoms with Crippen molar-refractivity contribution in [1.82, 2.24) is 15.2 Å². The van der Waals surface area contributed by atoms with E-state index >= 15 is 4.39 Å². The first-order valence-electron chi connectivity index (χ1n) is 13.6. The smallest absolute Gasteiger partial charge is 0.321 e. The van der Waals surface area contributed by atoms with E-state index in [1.165, 1.54) is 22.3 Å². The molecule has 0 radical (unpaired) electrons. The Hall–Kier alpha value is -3.24. The van der Waals surface area contributed by atoms with Gasteiger partial charge in [-0.3, -0.25) is 14.7 Å². The van der Waals surface area contributed by atoms with Gasteiger partial charge in [-0.2, -0.15) is 0 Å². The van der Waals surface area contributed by atoms with Crippen LogP contribution in [0.5, 0.6) is 11.5 Å². The number of pyridine rings is 1. The van der Waals surface area contributed by atoms with Crippen LogP contribution in [-0.4, -0.2) is 60.2 Å². The molecule has 0 bridgehead atoms. The molecule has 1 aromatic carbocycles. The number of likely N-dealkylation sites (tertiary alicyclic amines) is 1. The Labute approximate surface area is 235 Å². The van der Waals surface area contributed by atoms with E-state index in [2.05, 4.69) is 10.3 Å². The number of anilines is 1. The van der Waals surface area contributed by atoms with Crippen LogP contribution in [0.1, 0.15) is 69.6 Å². The van der Waals surface area contributed by atoms with E-state index in [0.29, 0.717) is 45.2 Å². The molecular weight excluding hydrogens is 519 g/mol. The Balaban J connectivity index is 0.00000119. The molecule has 3 aromatic rings. The molecule has 2 N–H and O–H groups in total. The van der Waals surface area contributed by atoms with Gasteiger partial charge in [0.25, 0.3) is 5.91 Å². The predicted molar refractivity (Wildman–Crippen MR) is 159 cm³/mol. The number of hydrogen-bond donors (Lipinski definition) is 2. The van der Waals surface area contributed by atoms with E-state index in [1.807, 2.05) is 46.4 Å². The Morgan fingerprint density at radius 3 is 2.33 bits per heavy atom. The summed E-state index contributed by atoms with van der Waals surface area (Å²) in [5.41, 5.74) is 1.45. The number of carbonyl (C=O) groups is 2. The number of carbonyl (C=O) groups excluding carboxylic acids is 2. The van der Waals surface area contributed by atoms with Crippen LogP contribution < -0.4 is 15.0 Å². The third-order valence-corrected chi connectivity index (χ3v) is 6.83. The Bertz CT molecular complexity index is 1200. The summed E-state index contributed by atoms with van der Waals surface area (Å²) in [4.78, 5) is 33.4. The number of nitrogens with zero attached hydrogens (tertiary/aromatic N) is 3. The summed E-state index contributed by atoms with van der Waals surface area (Å²) < 4.78 is 21.9. The minimum atomic E-state index is -0.537. The normalized spacial score (nSPS) is 11.8. The molecular formula is C29H43FN4O4S. The first-order valence-corrected chi connectivity index (χ1v) is 14.4. The van der Waals surface area contributed by atoms with Gasteiger partial charge in [0.05, 0.1) is 20.8 Å². The minimum absolute atomic E-state index is 0.00200. The lowest BCUT2D eigenvalue weighted by Gasteiger charge is -2.24. The largest absolute Gasteiger partial charge is 0.453 e. The summed E-state index contributed by atoms with van der Waals surface area (Å²) in [6.07, 6.45) is 3.63. The number of fused-ring (bicyclic) bond motifs is 1. The van der Waals surface area contributed by atoms with Crippen LogP contribution in [0.2, 0.25) is 0 Å². The molecule has 4 rings (SSSR count). The highest BCUT2D eigenvalue weighted by molar-refractivity contribution is 7.21. The predicted octanol–water partition coefficient (Wildman–Crippen LogP) is 6.99. The molecule has 10 heteroatoms. The monoisotopic (exact) mass is 562 g/mol. The number of benzene rings is 1. The highest BCUT2D eigenvalue weighted by Crippen LogP contribution is 2.38. The number of aromatic nitrogens is 1. The molecule has 1 aliphatic heterocycles. The zero-order valence-electron chi connectivity index (χ0n) is 24.4. The van der Waals surface area contributed by atoms with E-state index in [0.717, 1.165) is 33.0 Å². The Morgan fingerprint density at radius 1 is 1.10 bits per heavy atom. The van der Waals surface area contributed by atoms with Crippen molar-refractivity contribution >= 4 is 39.2 Å². The van der Waals surface area contributed by atoms with Gasteiger partial charge in [-0.15, -0.1) is 11.3 Å². The average Bonchev–Trinajstić information content (AvgIpc) is 3.67. The van der Waals surface area contributed by atoms with E-state index < -0.39 is 5.82 Å². The quantitative estimate of drug-likeness (QED) is 0.338. The highest BCUT2D eigenvalue weighted by Gasteiger charge is 2.24. The lowest BCUT2D eigenvalue weighted by molar-refractivity contribution is 0.0797. The van der Waals surface area contributed by atoms with Crippen molar-refractivity contribution < 1.29 is 23.8 Å². The average molecular weight is 563 g/mol. The van der Waals surface area contributed by atoms with Crippen LogP contribution in [0.3, 0.4) is 0 Å². The van der Waals surface area contributed by atoms with Crippen LogP contribution in [0.15, 0.2) is 30.5 Å². The van der Waals surface area contributed by atoms with E-state index in [4.69, 9.17) is 9.84 Å². The van der Waals surface area contributed by atoms with Gasteiger partial charge >= 0.3 is 6.03 Å². The van der Waals surface area contributed by atoms with Crippen molar-refractivity contribution in [2.75, 3.05) is 38.2 Å². The molecule has 1 fully saturated rings. The van der Waals surface area contributed by atoms with Gasteiger partial charge in [-0.05, 0) is 51.8 Å². The topological polar surface area (TPSA) is 95.0 Å². The molecule has 0 saturated carbocycles. The van der Waals surface area contributed by atoms with Crippen molar-refractivity contribution in [3.8, 4) is 11.5 Å². The summed E-state index contributed by atoms with van der Waals surface area (Å²) >= 11 is 1.31. The van der Waals surface area contributed by atoms with Gasteiger partial charge in [0.15, 0.2) is 11.6 Å². The summed E-state index contributed by atoms with van der Waals surface area (Å²) in [7, 11) is 1.00. The number of nitrogens with one attached hydrogen (secondary N) is 1. The number of hydrogen-bond acceptors (Lipinski definition) is 6. The zero-order chi connectivity index (χ0) is 29.5. The first kappa shape index (κ1) is 33.8. The molecule has 8 nitrogen and oxygen atoms in total. The van der Waals surface area contributed by atoms with Crippen LogP contribution in [-0.2, 0) is 0 Å². The highest BCUT2D eigenvalue weighted by atomic mass is 32.1. The molecule has 0 aliphatic carbocycles. The fourth-order valence-corrected chi connectivity index (χ4v) is 5.02. The van der Waals surface area contributed by atoms with Gasteiger partial charge in [0, 0.05) is 51.1 Å². The van der Waals surface area contributed by atoms with E-state index in [-0.39, 0.29) is 17.7 Å². The van der Waals surface area contributed by atoms with Gasteiger partial charge in [-0.25, -0.2) is 9.18 Å². The Morgan fingerprint density at radius 2 is 1.74 bits per heavy atom. The number of aliphatic hydroxyl groups excluding tert-OH is 1. The zero-order valence-corrected chi connectivity index (χ0v) is 25.2. The van der Waals surface area contributed by atoms with Crippen LogP contribution in [0.25, 0.3) is 10.2 Å². The molecule has 216 valence electrons. The summed E-state index contributed by atoms with van der Waals surface area (Å²) in [6.45, 7) is 15.7. The maximum absolute atomic E-state index is 15.3. The summed E-state index contributed by atoms with van der Waals surface area (Å²) in [5.74, 6) is -0.0490. The molecule has 3 heterocycles. The number of ether oxygens (including phenoxy) is 1. The second kappa shape index (κ2) is 17.4. The molecule has 3 amide bonds.